The predicted molar refractivity (Wildman–Crippen MR) is 94.1 cm³/mol. The van der Waals surface area contributed by atoms with Crippen molar-refractivity contribution in [3.05, 3.63) is 66.5 Å². The molecule has 4 aromatic rings. The average Bonchev–Trinajstić information content (AvgIpc) is 3.28. The molecule has 0 spiro atoms. The van der Waals surface area contributed by atoms with E-state index < -0.39 is 10.0 Å². The smallest absolute Gasteiger partial charge is 0.242 e. The van der Waals surface area contributed by atoms with E-state index in [4.69, 9.17) is 0 Å². The lowest BCUT2D eigenvalue weighted by molar-refractivity contribution is 0.581. The minimum Gasteiger partial charge on any atom is -0.359 e. The molecule has 25 heavy (non-hydrogen) atoms. The van der Waals surface area contributed by atoms with Crippen LogP contribution in [-0.4, -0.2) is 28.6 Å². The lowest BCUT2D eigenvalue weighted by Gasteiger charge is -2.04. The molecule has 0 aliphatic rings. The third-order valence-corrected chi connectivity index (χ3v) is 5.26. The molecule has 0 aliphatic heterocycles. The molecule has 0 atom stereocenters. The van der Waals surface area contributed by atoms with Gasteiger partial charge in [0.15, 0.2) is 5.65 Å². The molecule has 0 amide bonds. The molecule has 0 saturated heterocycles. The number of benzene rings is 1. The van der Waals surface area contributed by atoms with Crippen molar-refractivity contribution in [2.24, 2.45) is 0 Å². The number of pyridine rings is 1. The van der Waals surface area contributed by atoms with Gasteiger partial charge in [-0.2, -0.15) is 5.10 Å². The Morgan fingerprint density at radius 3 is 2.76 bits per heavy atom. The first-order valence-electron chi connectivity index (χ1n) is 7.65. The number of aromatic nitrogens is 4. The van der Waals surface area contributed by atoms with Crippen LogP contribution in [0.2, 0.25) is 0 Å². The topological polar surface area (TPSA) is 104 Å². The molecule has 0 radical (unpaired) electrons. The number of rotatable bonds is 5. The first kappa shape index (κ1) is 15.6. The molecular weight excluding hydrogens is 338 g/mol. The molecule has 3 aromatic heterocycles. The van der Waals surface area contributed by atoms with E-state index in [1.54, 1.807) is 12.3 Å². The summed E-state index contributed by atoms with van der Waals surface area (Å²) >= 11 is 0. The second-order valence-electron chi connectivity index (χ2n) is 5.53. The zero-order chi connectivity index (χ0) is 17.3. The van der Waals surface area contributed by atoms with Gasteiger partial charge in [-0.05, 0) is 23.8 Å². The summed E-state index contributed by atoms with van der Waals surface area (Å²) in [5.41, 5.74) is 2.81. The van der Waals surface area contributed by atoms with Gasteiger partial charge >= 0.3 is 0 Å². The summed E-state index contributed by atoms with van der Waals surface area (Å²) in [6.07, 6.45) is 3.12. The number of nitrogens with zero attached hydrogens (tertiary/aromatic N) is 2. The Morgan fingerprint density at radius 1 is 1.08 bits per heavy atom. The SMILES string of the molecule is O=S(=O)(NCc1ccccc1)c1c[nH]c(-c2[nH]nc3ncccc23)c1. The molecule has 0 unspecified atom stereocenters. The summed E-state index contributed by atoms with van der Waals surface area (Å²) in [6, 6.07) is 14.6. The Labute approximate surface area is 144 Å². The fourth-order valence-corrected chi connectivity index (χ4v) is 3.60. The molecule has 0 saturated carbocycles. The van der Waals surface area contributed by atoms with E-state index in [2.05, 4.69) is 24.9 Å². The first-order chi connectivity index (χ1) is 12.1. The van der Waals surface area contributed by atoms with Crippen molar-refractivity contribution in [2.45, 2.75) is 11.4 Å². The van der Waals surface area contributed by atoms with Crippen molar-refractivity contribution in [1.82, 2.24) is 24.9 Å². The number of H-pyrrole nitrogens is 2. The minimum atomic E-state index is -3.61. The van der Waals surface area contributed by atoms with Crippen LogP contribution in [0.15, 0.2) is 65.8 Å². The van der Waals surface area contributed by atoms with Crippen LogP contribution < -0.4 is 4.72 Å². The van der Waals surface area contributed by atoms with E-state index in [0.29, 0.717) is 17.0 Å². The van der Waals surface area contributed by atoms with Crippen molar-refractivity contribution in [3.63, 3.8) is 0 Å². The van der Waals surface area contributed by atoms with Gasteiger partial charge in [0.25, 0.3) is 0 Å². The highest BCUT2D eigenvalue weighted by Crippen LogP contribution is 2.25. The van der Waals surface area contributed by atoms with Gasteiger partial charge in [-0.1, -0.05) is 30.3 Å². The van der Waals surface area contributed by atoms with E-state index in [1.807, 2.05) is 42.5 Å². The van der Waals surface area contributed by atoms with Crippen molar-refractivity contribution in [2.75, 3.05) is 0 Å². The zero-order valence-corrected chi connectivity index (χ0v) is 13.9. The van der Waals surface area contributed by atoms with Crippen LogP contribution in [0.1, 0.15) is 5.56 Å². The minimum absolute atomic E-state index is 0.171. The second-order valence-corrected chi connectivity index (χ2v) is 7.30. The van der Waals surface area contributed by atoms with Crippen LogP contribution in [0.4, 0.5) is 0 Å². The third kappa shape index (κ3) is 3.04. The van der Waals surface area contributed by atoms with Crippen LogP contribution in [-0.2, 0) is 16.6 Å². The summed E-state index contributed by atoms with van der Waals surface area (Å²) in [4.78, 5) is 7.32. The quantitative estimate of drug-likeness (QED) is 0.512. The first-order valence-corrected chi connectivity index (χ1v) is 9.13. The second kappa shape index (κ2) is 6.15. The third-order valence-electron chi connectivity index (χ3n) is 3.87. The molecular formula is C17H15N5O2S. The highest BCUT2D eigenvalue weighted by Gasteiger charge is 2.18. The largest absolute Gasteiger partial charge is 0.359 e. The number of hydrogen-bond donors (Lipinski definition) is 3. The molecule has 1 aromatic carbocycles. The molecule has 3 N–H and O–H groups in total. The number of fused-ring (bicyclic) bond motifs is 1. The Bertz CT molecular complexity index is 1120. The maximum absolute atomic E-state index is 12.5. The summed E-state index contributed by atoms with van der Waals surface area (Å²) in [5.74, 6) is 0. The zero-order valence-electron chi connectivity index (χ0n) is 13.1. The number of hydrogen-bond acceptors (Lipinski definition) is 4. The molecule has 3 heterocycles. The van der Waals surface area contributed by atoms with Crippen LogP contribution in [0.25, 0.3) is 22.4 Å². The van der Waals surface area contributed by atoms with Gasteiger partial charge in [0.2, 0.25) is 10.0 Å². The van der Waals surface area contributed by atoms with Gasteiger partial charge in [0.1, 0.15) is 4.90 Å². The van der Waals surface area contributed by atoms with Gasteiger partial charge in [0, 0.05) is 24.3 Å². The monoisotopic (exact) mass is 353 g/mol. The lowest BCUT2D eigenvalue weighted by atomic mass is 10.2. The molecule has 0 aliphatic carbocycles. The summed E-state index contributed by atoms with van der Waals surface area (Å²) in [7, 11) is -3.61. The predicted octanol–water partition coefficient (Wildman–Crippen LogP) is 2.43. The maximum Gasteiger partial charge on any atom is 0.242 e. The number of aromatic amines is 2. The maximum atomic E-state index is 12.5. The molecule has 126 valence electrons. The van der Waals surface area contributed by atoms with Crippen LogP contribution in [0, 0.1) is 0 Å². The van der Waals surface area contributed by atoms with Gasteiger partial charge in [-0.3, -0.25) is 5.10 Å². The number of nitrogens with one attached hydrogen (secondary N) is 3. The summed E-state index contributed by atoms with van der Waals surface area (Å²) in [5, 5.41) is 7.84. The standard InChI is InChI=1S/C17H15N5O2S/c23-25(24,20-10-12-5-2-1-3-6-12)13-9-15(19-11-13)16-14-7-4-8-18-17(14)22-21-16/h1-9,11,19-20H,10H2,(H,18,21,22). The van der Waals surface area contributed by atoms with Gasteiger partial charge < -0.3 is 4.98 Å². The Kier molecular flexibility index (Phi) is 3.83. The molecule has 4 rings (SSSR count). The fourth-order valence-electron chi connectivity index (χ4n) is 2.59. The highest BCUT2D eigenvalue weighted by molar-refractivity contribution is 7.89. The van der Waals surface area contributed by atoms with Gasteiger partial charge in [-0.15, -0.1) is 0 Å². The van der Waals surface area contributed by atoms with Crippen molar-refractivity contribution in [1.29, 1.82) is 0 Å². The van der Waals surface area contributed by atoms with Crippen LogP contribution in [0.5, 0.6) is 0 Å². The van der Waals surface area contributed by atoms with Crippen LogP contribution in [0.3, 0.4) is 0 Å². The van der Waals surface area contributed by atoms with E-state index in [9.17, 15) is 8.42 Å². The summed E-state index contributed by atoms with van der Waals surface area (Å²) in [6.45, 7) is 0.237. The number of sulfonamides is 1. The highest BCUT2D eigenvalue weighted by atomic mass is 32.2. The Morgan fingerprint density at radius 2 is 1.92 bits per heavy atom. The average molecular weight is 353 g/mol. The normalized spacial score (nSPS) is 11.8. The summed E-state index contributed by atoms with van der Waals surface area (Å²) < 4.78 is 27.6. The van der Waals surface area contributed by atoms with Crippen molar-refractivity contribution >= 4 is 21.1 Å². The lowest BCUT2D eigenvalue weighted by Crippen LogP contribution is -2.22. The van der Waals surface area contributed by atoms with Crippen LogP contribution >= 0.6 is 0 Å². The molecule has 8 heteroatoms. The Hall–Kier alpha value is -2.97. The van der Waals surface area contributed by atoms with E-state index >= 15 is 0 Å². The van der Waals surface area contributed by atoms with E-state index in [1.165, 1.54) is 6.20 Å². The fraction of sp³-hybridized carbons (Fsp3) is 0.0588. The van der Waals surface area contributed by atoms with Gasteiger partial charge in [-0.25, -0.2) is 18.1 Å². The molecule has 0 fully saturated rings. The van der Waals surface area contributed by atoms with Crippen molar-refractivity contribution in [3.8, 4) is 11.4 Å². The molecule has 0 bridgehead atoms. The van der Waals surface area contributed by atoms with Gasteiger partial charge in [0.05, 0.1) is 11.4 Å². The van der Waals surface area contributed by atoms with E-state index in [-0.39, 0.29) is 11.4 Å². The van der Waals surface area contributed by atoms with E-state index in [0.717, 1.165) is 10.9 Å². The molecule has 7 nitrogen and oxygen atoms in total. The van der Waals surface area contributed by atoms with Crippen molar-refractivity contribution < 1.29 is 8.42 Å². The Balaban J connectivity index is 1.60.